The minimum absolute atomic E-state index is 0.332. The molecule has 1 saturated carbocycles. The number of aliphatic hydroxyl groups is 1. The number of nitrogens with two attached hydrogens (primary N) is 1. The van der Waals surface area contributed by atoms with E-state index in [1.165, 1.54) is 12.8 Å². The molecule has 0 aliphatic heterocycles. The molecular weight excluding hydrogens is 326 g/mol. The standard InChI is InChI=1S/C19H22ClNOS/c20-14-9-11-15(12-10-14)23-17-8-4-3-7-16(17)18(21)19(22)13-5-1-2-6-13/h3-4,7-13,18-19,22H,1-2,5-6,21H2/t18-,19+/m0/s1. The second-order valence-corrected chi connectivity index (χ2v) is 7.71. The van der Waals surface area contributed by atoms with Crippen LogP contribution in [0, 0.1) is 5.92 Å². The van der Waals surface area contributed by atoms with Crippen molar-refractivity contribution in [2.75, 3.05) is 0 Å². The van der Waals surface area contributed by atoms with E-state index in [9.17, 15) is 5.11 Å². The quantitative estimate of drug-likeness (QED) is 0.796. The van der Waals surface area contributed by atoms with Crippen molar-refractivity contribution in [2.24, 2.45) is 11.7 Å². The van der Waals surface area contributed by atoms with Crippen LogP contribution in [0.3, 0.4) is 0 Å². The monoisotopic (exact) mass is 347 g/mol. The van der Waals surface area contributed by atoms with Gasteiger partial charge in [-0.25, -0.2) is 0 Å². The zero-order valence-electron chi connectivity index (χ0n) is 13.0. The van der Waals surface area contributed by atoms with Crippen molar-refractivity contribution in [1.29, 1.82) is 0 Å². The van der Waals surface area contributed by atoms with Gasteiger partial charge in [0.25, 0.3) is 0 Å². The summed E-state index contributed by atoms with van der Waals surface area (Å²) in [6, 6.07) is 15.5. The molecule has 122 valence electrons. The van der Waals surface area contributed by atoms with Crippen LogP contribution in [0.1, 0.15) is 37.3 Å². The summed E-state index contributed by atoms with van der Waals surface area (Å²) in [6.07, 6.45) is 4.11. The Labute approximate surface area is 147 Å². The van der Waals surface area contributed by atoms with Gasteiger partial charge in [-0.3, -0.25) is 0 Å². The van der Waals surface area contributed by atoms with Crippen molar-refractivity contribution >= 4 is 23.4 Å². The van der Waals surface area contributed by atoms with Gasteiger partial charge in [-0.1, -0.05) is 54.4 Å². The smallest absolute Gasteiger partial charge is 0.0761 e. The van der Waals surface area contributed by atoms with Gasteiger partial charge in [0.1, 0.15) is 0 Å². The van der Waals surface area contributed by atoms with E-state index in [4.69, 9.17) is 17.3 Å². The molecule has 1 fully saturated rings. The summed E-state index contributed by atoms with van der Waals surface area (Å²) in [5.74, 6) is 0.332. The van der Waals surface area contributed by atoms with E-state index >= 15 is 0 Å². The molecule has 0 amide bonds. The number of halogens is 1. The second kappa shape index (κ2) is 7.71. The Balaban J connectivity index is 1.80. The average molecular weight is 348 g/mol. The summed E-state index contributed by atoms with van der Waals surface area (Å²) in [7, 11) is 0. The molecule has 0 radical (unpaired) electrons. The molecule has 3 N–H and O–H groups in total. The Kier molecular flexibility index (Phi) is 5.65. The number of rotatable bonds is 5. The molecule has 1 aliphatic carbocycles. The zero-order chi connectivity index (χ0) is 16.2. The third-order valence-corrected chi connectivity index (χ3v) is 5.92. The summed E-state index contributed by atoms with van der Waals surface area (Å²) in [5.41, 5.74) is 7.43. The molecular formula is C19H22ClNOS. The molecule has 0 bridgehead atoms. The molecule has 2 nitrogen and oxygen atoms in total. The molecule has 2 aromatic rings. The number of aliphatic hydroxyl groups excluding tert-OH is 1. The molecule has 23 heavy (non-hydrogen) atoms. The fourth-order valence-electron chi connectivity index (χ4n) is 3.25. The van der Waals surface area contributed by atoms with Crippen molar-refractivity contribution < 1.29 is 5.11 Å². The third kappa shape index (κ3) is 4.10. The summed E-state index contributed by atoms with van der Waals surface area (Å²) in [5, 5.41) is 11.4. The first kappa shape index (κ1) is 16.8. The van der Waals surface area contributed by atoms with Crippen LogP contribution < -0.4 is 5.73 Å². The van der Waals surface area contributed by atoms with Crippen LogP contribution in [-0.4, -0.2) is 11.2 Å². The summed E-state index contributed by atoms with van der Waals surface area (Å²) in [4.78, 5) is 2.21. The Morgan fingerprint density at radius 2 is 1.70 bits per heavy atom. The predicted molar refractivity (Wildman–Crippen MR) is 96.9 cm³/mol. The van der Waals surface area contributed by atoms with Gasteiger partial charge in [0, 0.05) is 14.8 Å². The maximum Gasteiger partial charge on any atom is 0.0761 e. The van der Waals surface area contributed by atoms with Gasteiger partial charge in [0.15, 0.2) is 0 Å². The topological polar surface area (TPSA) is 46.2 Å². The fourth-order valence-corrected chi connectivity index (χ4v) is 4.38. The molecule has 0 heterocycles. The van der Waals surface area contributed by atoms with E-state index < -0.39 is 6.10 Å². The normalized spacial score (nSPS) is 18.0. The summed E-state index contributed by atoms with van der Waals surface area (Å²) >= 11 is 7.61. The van der Waals surface area contributed by atoms with Crippen molar-refractivity contribution in [1.82, 2.24) is 0 Å². The van der Waals surface area contributed by atoms with Gasteiger partial charge in [-0.05, 0) is 54.7 Å². The molecule has 2 atom stereocenters. The van der Waals surface area contributed by atoms with Gasteiger partial charge in [-0.2, -0.15) is 0 Å². The van der Waals surface area contributed by atoms with Crippen LogP contribution in [0.4, 0.5) is 0 Å². The van der Waals surface area contributed by atoms with Crippen LogP contribution in [0.2, 0.25) is 5.02 Å². The lowest BCUT2D eigenvalue weighted by atomic mass is 9.91. The Bertz CT molecular complexity index is 640. The van der Waals surface area contributed by atoms with Crippen molar-refractivity contribution in [3.05, 3.63) is 59.1 Å². The van der Waals surface area contributed by atoms with Crippen molar-refractivity contribution in [2.45, 2.75) is 47.6 Å². The number of hydrogen-bond donors (Lipinski definition) is 2. The molecule has 3 rings (SSSR count). The minimum atomic E-state index is -0.468. The lowest BCUT2D eigenvalue weighted by Crippen LogP contribution is -2.32. The van der Waals surface area contributed by atoms with Crippen molar-refractivity contribution in [3.8, 4) is 0 Å². The molecule has 0 aromatic heterocycles. The van der Waals surface area contributed by atoms with E-state index in [0.29, 0.717) is 5.92 Å². The lowest BCUT2D eigenvalue weighted by molar-refractivity contribution is 0.0837. The maximum atomic E-state index is 10.6. The Morgan fingerprint density at radius 1 is 1.04 bits per heavy atom. The summed E-state index contributed by atoms with van der Waals surface area (Å²) in [6.45, 7) is 0. The van der Waals surface area contributed by atoms with E-state index in [1.807, 2.05) is 42.5 Å². The van der Waals surface area contributed by atoms with Crippen molar-refractivity contribution in [3.63, 3.8) is 0 Å². The first-order valence-corrected chi connectivity index (χ1v) is 9.30. The van der Waals surface area contributed by atoms with Crippen LogP contribution >= 0.6 is 23.4 Å². The molecule has 0 saturated heterocycles. The second-order valence-electron chi connectivity index (χ2n) is 6.15. The highest BCUT2D eigenvalue weighted by atomic mass is 35.5. The molecule has 1 aliphatic rings. The minimum Gasteiger partial charge on any atom is -0.391 e. The largest absolute Gasteiger partial charge is 0.391 e. The molecule has 0 unspecified atom stereocenters. The van der Waals surface area contributed by atoms with Crippen LogP contribution in [0.5, 0.6) is 0 Å². The lowest BCUT2D eigenvalue weighted by Gasteiger charge is -2.26. The molecule has 4 heteroatoms. The maximum absolute atomic E-state index is 10.6. The van der Waals surface area contributed by atoms with Crippen LogP contribution in [0.25, 0.3) is 0 Å². The van der Waals surface area contributed by atoms with Crippen LogP contribution in [-0.2, 0) is 0 Å². The van der Waals surface area contributed by atoms with Gasteiger partial charge in [-0.15, -0.1) is 0 Å². The van der Waals surface area contributed by atoms with E-state index in [2.05, 4.69) is 6.07 Å². The Hall–Kier alpha value is -1.00. The van der Waals surface area contributed by atoms with E-state index in [1.54, 1.807) is 11.8 Å². The highest BCUT2D eigenvalue weighted by Gasteiger charge is 2.29. The Morgan fingerprint density at radius 3 is 2.39 bits per heavy atom. The van der Waals surface area contributed by atoms with Gasteiger partial charge in [0.05, 0.1) is 12.1 Å². The average Bonchev–Trinajstić information content (AvgIpc) is 3.11. The van der Waals surface area contributed by atoms with E-state index in [-0.39, 0.29) is 6.04 Å². The van der Waals surface area contributed by atoms with Crippen LogP contribution in [0.15, 0.2) is 58.3 Å². The zero-order valence-corrected chi connectivity index (χ0v) is 14.6. The highest BCUT2D eigenvalue weighted by molar-refractivity contribution is 7.99. The first-order chi connectivity index (χ1) is 11.1. The predicted octanol–water partition coefficient (Wildman–Crippen LogP) is 5.04. The fraction of sp³-hybridized carbons (Fsp3) is 0.368. The molecule has 0 spiro atoms. The van der Waals surface area contributed by atoms with Gasteiger partial charge < -0.3 is 10.8 Å². The molecule has 2 aromatic carbocycles. The number of hydrogen-bond acceptors (Lipinski definition) is 3. The van der Waals surface area contributed by atoms with E-state index in [0.717, 1.165) is 33.2 Å². The van der Waals surface area contributed by atoms with Gasteiger partial charge in [0.2, 0.25) is 0 Å². The SMILES string of the molecule is N[C@@H](c1ccccc1Sc1ccc(Cl)cc1)[C@H](O)C1CCCC1. The summed E-state index contributed by atoms with van der Waals surface area (Å²) < 4.78 is 0. The first-order valence-electron chi connectivity index (χ1n) is 8.11. The third-order valence-electron chi connectivity index (χ3n) is 4.57. The van der Waals surface area contributed by atoms with Gasteiger partial charge >= 0.3 is 0 Å². The highest BCUT2D eigenvalue weighted by Crippen LogP contribution is 2.37. The number of benzene rings is 2.